The molecular weight excluding hydrogens is 203 g/mol. The topological polar surface area (TPSA) is 74.4 Å². The molecule has 0 spiro atoms. The fraction of sp³-hybridized carbons (Fsp3) is 0. The second-order valence-electron chi connectivity index (χ2n) is 2.09. The Morgan fingerprint density at radius 3 is 2.83 bits per heavy atom. The van der Waals surface area contributed by atoms with E-state index in [0.717, 1.165) is 0 Å². The zero-order valence-corrected chi connectivity index (χ0v) is 7.07. The number of nitrogens with zero attached hydrogens (tertiary/aromatic N) is 2. The molecule has 0 unspecified atom stereocenters. The van der Waals surface area contributed by atoms with Crippen molar-refractivity contribution in [2.75, 3.05) is 0 Å². The molecule has 0 saturated heterocycles. The first-order valence-corrected chi connectivity index (χ1v) is 3.73. The van der Waals surface area contributed by atoms with Gasteiger partial charge in [-0.15, -0.1) is 0 Å². The van der Waals surface area contributed by atoms with Gasteiger partial charge in [0.05, 0.1) is 0 Å². The minimum atomic E-state index is -0.385. The molecule has 2 aromatic heterocycles. The first-order valence-electron chi connectivity index (χ1n) is 2.98. The summed E-state index contributed by atoms with van der Waals surface area (Å²) in [4.78, 5) is 17.2. The maximum Gasteiger partial charge on any atom is 0.277 e. The van der Waals surface area contributed by atoms with E-state index in [9.17, 15) is 4.79 Å². The molecule has 0 radical (unpaired) electrons. The highest BCUT2D eigenvalue weighted by Gasteiger charge is 2.08. The van der Waals surface area contributed by atoms with Crippen LogP contribution < -0.4 is 5.56 Å². The maximum atomic E-state index is 11.1. The van der Waals surface area contributed by atoms with Crippen molar-refractivity contribution in [1.29, 1.82) is 0 Å². The minimum Gasteiger partial charge on any atom is -0.295 e. The number of aromatic amines is 2. The Labute approximate surface area is 75.7 Å². The Kier molecular flexibility index (Phi) is 1.55. The highest BCUT2D eigenvalue weighted by Crippen LogP contribution is 2.15. The van der Waals surface area contributed by atoms with Gasteiger partial charge in [0.15, 0.2) is 10.7 Å². The van der Waals surface area contributed by atoms with Crippen LogP contribution in [0.4, 0.5) is 0 Å². The van der Waals surface area contributed by atoms with Crippen LogP contribution in [0.1, 0.15) is 0 Å². The predicted octanol–water partition coefficient (Wildman–Crippen LogP) is 0.953. The smallest absolute Gasteiger partial charge is 0.277 e. The van der Waals surface area contributed by atoms with Crippen LogP contribution in [0.3, 0.4) is 0 Å². The summed E-state index contributed by atoms with van der Waals surface area (Å²) < 4.78 is 0. The summed E-state index contributed by atoms with van der Waals surface area (Å²) in [7, 11) is 0. The summed E-state index contributed by atoms with van der Waals surface area (Å²) in [6, 6.07) is 0. The van der Waals surface area contributed by atoms with Gasteiger partial charge < -0.3 is 0 Å². The van der Waals surface area contributed by atoms with Crippen LogP contribution in [0.5, 0.6) is 0 Å². The molecule has 2 rings (SSSR count). The quantitative estimate of drug-likeness (QED) is 0.628. The van der Waals surface area contributed by atoms with E-state index >= 15 is 0 Å². The van der Waals surface area contributed by atoms with Gasteiger partial charge in [-0.2, -0.15) is 5.10 Å². The SMILES string of the molecule is O=c1[nH]c(Cl)nc2c(Cl)n[nH]c12. The monoisotopic (exact) mass is 204 g/mol. The van der Waals surface area contributed by atoms with Gasteiger partial charge in [-0.1, -0.05) is 11.6 Å². The van der Waals surface area contributed by atoms with E-state index in [4.69, 9.17) is 23.2 Å². The Bertz CT molecular complexity index is 488. The normalized spacial score (nSPS) is 10.8. The average Bonchev–Trinajstić information content (AvgIpc) is 2.33. The van der Waals surface area contributed by atoms with Gasteiger partial charge in [-0.05, 0) is 11.6 Å². The number of nitrogens with one attached hydrogen (secondary N) is 2. The summed E-state index contributed by atoms with van der Waals surface area (Å²) in [6.45, 7) is 0. The van der Waals surface area contributed by atoms with Crippen LogP contribution in [-0.2, 0) is 0 Å². The van der Waals surface area contributed by atoms with E-state index < -0.39 is 0 Å². The molecule has 2 aromatic rings. The Hall–Kier alpha value is -1.07. The van der Waals surface area contributed by atoms with Crippen molar-refractivity contribution in [2.24, 2.45) is 0 Å². The molecule has 0 bridgehead atoms. The third-order valence-corrected chi connectivity index (χ3v) is 1.79. The third-order valence-electron chi connectivity index (χ3n) is 1.35. The van der Waals surface area contributed by atoms with Crippen LogP contribution in [-0.4, -0.2) is 20.2 Å². The lowest BCUT2D eigenvalue weighted by molar-refractivity contribution is 1.10. The molecule has 0 aromatic carbocycles. The Morgan fingerprint density at radius 1 is 1.33 bits per heavy atom. The van der Waals surface area contributed by atoms with Gasteiger partial charge in [0.2, 0.25) is 5.28 Å². The highest BCUT2D eigenvalue weighted by atomic mass is 35.5. The summed E-state index contributed by atoms with van der Waals surface area (Å²) in [6.07, 6.45) is 0. The molecule has 0 amide bonds. The Morgan fingerprint density at radius 2 is 2.08 bits per heavy atom. The zero-order chi connectivity index (χ0) is 8.72. The molecule has 7 heteroatoms. The number of H-pyrrole nitrogens is 2. The summed E-state index contributed by atoms with van der Waals surface area (Å²) in [5.41, 5.74) is 0.124. The van der Waals surface area contributed by atoms with Crippen LogP contribution in [0, 0.1) is 0 Å². The zero-order valence-electron chi connectivity index (χ0n) is 5.56. The molecular formula is C5H2Cl2N4O. The van der Waals surface area contributed by atoms with E-state index in [2.05, 4.69) is 20.2 Å². The van der Waals surface area contributed by atoms with E-state index in [0.29, 0.717) is 0 Å². The number of hydrogen-bond donors (Lipinski definition) is 2. The van der Waals surface area contributed by atoms with E-state index in [1.807, 2.05) is 0 Å². The van der Waals surface area contributed by atoms with Gasteiger partial charge in [0.25, 0.3) is 5.56 Å². The maximum absolute atomic E-state index is 11.1. The second kappa shape index (κ2) is 2.46. The van der Waals surface area contributed by atoms with Crippen molar-refractivity contribution in [3.63, 3.8) is 0 Å². The predicted molar refractivity (Wildman–Crippen MR) is 44.5 cm³/mol. The first kappa shape index (κ1) is 7.57. The van der Waals surface area contributed by atoms with Gasteiger partial charge >= 0.3 is 0 Å². The summed E-state index contributed by atoms with van der Waals surface area (Å²) >= 11 is 11.1. The van der Waals surface area contributed by atoms with Crippen LogP contribution in [0.25, 0.3) is 11.0 Å². The molecule has 0 saturated carbocycles. The average molecular weight is 205 g/mol. The van der Waals surface area contributed by atoms with Crippen LogP contribution >= 0.6 is 23.2 Å². The molecule has 62 valence electrons. The van der Waals surface area contributed by atoms with Gasteiger partial charge in [0, 0.05) is 0 Å². The van der Waals surface area contributed by atoms with Gasteiger partial charge in [0.1, 0.15) is 5.52 Å². The van der Waals surface area contributed by atoms with Crippen LogP contribution in [0.15, 0.2) is 4.79 Å². The molecule has 0 aliphatic carbocycles. The lowest BCUT2D eigenvalue weighted by Gasteiger charge is -1.88. The van der Waals surface area contributed by atoms with Gasteiger partial charge in [-0.3, -0.25) is 14.9 Å². The number of hydrogen-bond acceptors (Lipinski definition) is 3. The van der Waals surface area contributed by atoms with Crippen molar-refractivity contribution < 1.29 is 0 Å². The molecule has 12 heavy (non-hydrogen) atoms. The molecule has 0 fully saturated rings. The lowest BCUT2D eigenvalue weighted by Crippen LogP contribution is -2.07. The van der Waals surface area contributed by atoms with Crippen molar-refractivity contribution in [2.45, 2.75) is 0 Å². The fourth-order valence-corrected chi connectivity index (χ4v) is 1.21. The van der Waals surface area contributed by atoms with Gasteiger partial charge in [-0.25, -0.2) is 4.98 Å². The third kappa shape index (κ3) is 0.981. The van der Waals surface area contributed by atoms with Crippen molar-refractivity contribution in [1.82, 2.24) is 20.2 Å². The fourth-order valence-electron chi connectivity index (χ4n) is 0.857. The molecule has 0 aliphatic rings. The number of aromatic nitrogens is 4. The molecule has 2 heterocycles. The number of fused-ring (bicyclic) bond motifs is 1. The van der Waals surface area contributed by atoms with E-state index in [1.165, 1.54) is 0 Å². The van der Waals surface area contributed by atoms with Crippen molar-refractivity contribution in [3.05, 3.63) is 20.8 Å². The summed E-state index contributed by atoms with van der Waals surface area (Å²) in [5, 5.41) is 6.17. The molecule has 2 N–H and O–H groups in total. The molecule has 5 nitrogen and oxygen atoms in total. The number of rotatable bonds is 0. The largest absolute Gasteiger partial charge is 0.295 e. The number of halogens is 2. The first-order chi connectivity index (χ1) is 5.68. The lowest BCUT2D eigenvalue weighted by atomic mass is 10.5. The second-order valence-corrected chi connectivity index (χ2v) is 2.81. The van der Waals surface area contributed by atoms with Crippen molar-refractivity contribution >= 4 is 34.2 Å². The van der Waals surface area contributed by atoms with E-state index in [1.54, 1.807) is 0 Å². The van der Waals surface area contributed by atoms with E-state index in [-0.39, 0.29) is 27.0 Å². The van der Waals surface area contributed by atoms with Crippen LogP contribution in [0.2, 0.25) is 10.4 Å². The standard InChI is InChI=1S/C5H2Cl2N4O/c6-3-1-2(10-11-3)4(12)9-5(7)8-1/h(H,10,11)(H,8,9,12). The van der Waals surface area contributed by atoms with Crippen molar-refractivity contribution in [3.8, 4) is 0 Å². The highest BCUT2D eigenvalue weighted by molar-refractivity contribution is 6.34. The Balaban J connectivity index is 3.03. The molecule has 0 aliphatic heterocycles. The summed E-state index contributed by atoms with van der Waals surface area (Å²) in [5.74, 6) is 0. The molecule has 0 atom stereocenters. The minimum absolute atomic E-state index is 0.00389.